The van der Waals surface area contributed by atoms with E-state index in [0.29, 0.717) is 5.03 Å². The summed E-state index contributed by atoms with van der Waals surface area (Å²) in [7, 11) is 0. The van der Waals surface area contributed by atoms with Gasteiger partial charge in [-0.25, -0.2) is 9.97 Å². The maximum absolute atomic E-state index is 7.47. The topological polar surface area (TPSA) is 75.7 Å². The smallest absolute Gasteiger partial charge is 0.157 e. The van der Waals surface area contributed by atoms with Crippen molar-refractivity contribution < 1.29 is 0 Å². The molecule has 1 heterocycles. The Labute approximate surface area is 120 Å². The second-order valence-corrected chi connectivity index (χ2v) is 5.23. The van der Waals surface area contributed by atoms with Crippen molar-refractivity contribution >= 4 is 28.0 Å². The molecule has 0 fully saturated rings. The molecule has 0 saturated heterocycles. The maximum atomic E-state index is 7.47. The fourth-order valence-corrected chi connectivity index (χ4v) is 2.56. The molecule has 3 aromatic rings. The van der Waals surface area contributed by atoms with E-state index >= 15 is 0 Å². The van der Waals surface area contributed by atoms with Gasteiger partial charge in [0.2, 0.25) is 0 Å². The van der Waals surface area contributed by atoms with E-state index < -0.39 is 0 Å². The quantitative estimate of drug-likeness (QED) is 0.429. The lowest BCUT2D eigenvalue weighted by molar-refractivity contribution is 1.13. The van der Waals surface area contributed by atoms with Crippen LogP contribution in [-0.4, -0.2) is 15.1 Å². The largest absolute Gasteiger partial charge is 0.378 e. The van der Waals surface area contributed by atoms with Crippen molar-refractivity contribution in [2.45, 2.75) is 5.03 Å². The minimum Gasteiger partial charge on any atom is -0.378 e. The fourth-order valence-electron chi connectivity index (χ4n) is 1.94. The summed E-state index contributed by atoms with van der Waals surface area (Å²) >= 11 is 1.12. The van der Waals surface area contributed by atoms with Gasteiger partial charge < -0.3 is 5.73 Å². The van der Waals surface area contributed by atoms with Gasteiger partial charge in [-0.05, 0) is 23.9 Å². The Bertz CT molecular complexity index is 771. The molecular formula is C15H12N4S. The standard InChI is InChI=1S/C15H12N4S/c16-15(17)20-14-13(10-6-2-1-3-7-10)18-11-8-4-5-9-12(11)19-14/h1-9H,(H3,16,17). The second-order valence-electron chi connectivity index (χ2n) is 4.20. The highest BCUT2D eigenvalue weighted by atomic mass is 32.2. The maximum Gasteiger partial charge on any atom is 0.157 e. The zero-order chi connectivity index (χ0) is 13.9. The van der Waals surface area contributed by atoms with Crippen LogP contribution in [0.1, 0.15) is 0 Å². The van der Waals surface area contributed by atoms with Crippen molar-refractivity contribution in [3.63, 3.8) is 0 Å². The van der Waals surface area contributed by atoms with Crippen molar-refractivity contribution in [3.05, 3.63) is 54.6 Å². The minimum absolute atomic E-state index is 0.00626. The Morgan fingerprint density at radius 2 is 1.50 bits per heavy atom. The van der Waals surface area contributed by atoms with Crippen LogP contribution in [0.4, 0.5) is 0 Å². The van der Waals surface area contributed by atoms with Crippen LogP contribution in [0, 0.1) is 5.41 Å². The first-order valence-corrected chi connectivity index (χ1v) is 6.90. The first kappa shape index (κ1) is 12.6. The normalized spacial score (nSPS) is 10.6. The fraction of sp³-hybridized carbons (Fsp3) is 0. The Kier molecular flexibility index (Phi) is 3.35. The highest BCUT2D eigenvalue weighted by Crippen LogP contribution is 2.29. The number of rotatable bonds is 2. The number of hydrogen-bond acceptors (Lipinski definition) is 4. The summed E-state index contributed by atoms with van der Waals surface area (Å²) in [4.78, 5) is 9.23. The van der Waals surface area contributed by atoms with Gasteiger partial charge in [0.05, 0.1) is 11.0 Å². The molecule has 0 saturated carbocycles. The van der Waals surface area contributed by atoms with E-state index in [1.54, 1.807) is 0 Å². The van der Waals surface area contributed by atoms with Crippen molar-refractivity contribution in [2.24, 2.45) is 5.73 Å². The molecule has 0 radical (unpaired) electrons. The molecular weight excluding hydrogens is 268 g/mol. The molecule has 0 atom stereocenters. The lowest BCUT2D eigenvalue weighted by Gasteiger charge is -2.08. The van der Waals surface area contributed by atoms with Crippen LogP contribution in [0.15, 0.2) is 59.6 Å². The number of thioether (sulfide) groups is 1. The molecule has 5 heteroatoms. The van der Waals surface area contributed by atoms with Gasteiger partial charge in [0, 0.05) is 5.56 Å². The Balaban J connectivity index is 2.24. The SMILES string of the molecule is N=C(N)Sc1nc2ccccc2nc1-c1ccccc1. The van der Waals surface area contributed by atoms with E-state index in [0.717, 1.165) is 34.1 Å². The molecule has 3 rings (SSSR count). The monoisotopic (exact) mass is 280 g/mol. The molecule has 98 valence electrons. The number of hydrogen-bond donors (Lipinski definition) is 2. The lowest BCUT2D eigenvalue weighted by atomic mass is 10.1. The van der Waals surface area contributed by atoms with Crippen LogP contribution >= 0.6 is 11.8 Å². The molecule has 4 nitrogen and oxygen atoms in total. The molecule has 0 spiro atoms. The molecule has 0 aliphatic rings. The number of nitrogens with two attached hydrogens (primary N) is 1. The molecule has 0 bridgehead atoms. The zero-order valence-electron chi connectivity index (χ0n) is 10.6. The zero-order valence-corrected chi connectivity index (χ0v) is 11.4. The molecule has 3 N–H and O–H groups in total. The van der Waals surface area contributed by atoms with Crippen LogP contribution in [0.5, 0.6) is 0 Å². The summed E-state index contributed by atoms with van der Waals surface area (Å²) in [5.74, 6) is 0. The van der Waals surface area contributed by atoms with Gasteiger partial charge in [0.1, 0.15) is 10.7 Å². The van der Waals surface area contributed by atoms with Crippen molar-refractivity contribution in [2.75, 3.05) is 0 Å². The van der Waals surface area contributed by atoms with Crippen molar-refractivity contribution in [3.8, 4) is 11.3 Å². The van der Waals surface area contributed by atoms with E-state index in [-0.39, 0.29) is 5.17 Å². The molecule has 0 aliphatic carbocycles. The molecule has 2 aromatic carbocycles. The van der Waals surface area contributed by atoms with Crippen LogP contribution in [0.2, 0.25) is 0 Å². The summed E-state index contributed by atoms with van der Waals surface area (Å²) < 4.78 is 0. The van der Waals surface area contributed by atoms with Crippen LogP contribution in [-0.2, 0) is 0 Å². The Morgan fingerprint density at radius 3 is 2.15 bits per heavy atom. The summed E-state index contributed by atoms with van der Waals surface area (Å²) in [5, 5.41) is 8.13. The van der Waals surface area contributed by atoms with Gasteiger partial charge in [0.25, 0.3) is 0 Å². The second kappa shape index (κ2) is 5.30. The Hall–Kier alpha value is -2.40. The highest BCUT2D eigenvalue weighted by Gasteiger charge is 2.12. The molecule has 0 unspecified atom stereocenters. The van der Waals surface area contributed by atoms with Gasteiger partial charge in [-0.3, -0.25) is 5.41 Å². The number of fused-ring (bicyclic) bond motifs is 1. The van der Waals surface area contributed by atoms with Gasteiger partial charge in [-0.15, -0.1) is 0 Å². The number of benzene rings is 2. The average Bonchev–Trinajstić information content (AvgIpc) is 2.47. The molecule has 1 aromatic heterocycles. The third kappa shape index (κ3) is 2.48. The van der Waals surface area contributed by atoms with E-state index in [4.69, 9.17) is 11.1 Å². The third-order valence-corrected chi connectivity index (χ3v) is 3.49. The van der Waals surface area contributed by atoms with E-state index in [1.165, 1.54) is 0 Å². The van der Waals surface area contributed by atoms with Crippen molar-refractivity contribution in [1.82, 2.24) is 9.97 Å². The third-order valence-electron chi connectivity index (χ3n) is 2.79. The summed E-state index contributed by atoms with van der Waals surface area (Å²) in [6.45, 7) is 0. The molecule has 20 heavy (non-hydrogen) atoms. The predicted octanol–water partition coefficient (Wildman–Crippen LogP) is 3.28. The number of nitrogens with one attached hydrogen (secondary N) is 1. The van der Waals surface area contributed by atoms with E-state index in [9.17, 15) is 0 Å². The predicted molar refractivity (Wildman–Crippen MR) is 82.7 cm³/mol. The number of nitrogens with zero attached hydrogens (tertiary/aromatic N) is 2. The van der Waals surface area contributed by atoms with E-state index in [2.05, 4.69) is 9.97 Å². The lowest BCUT2D eigenvalue weighted by Crippen LogP contribution is -2.05. The highest BCUT2D eigenvalue weighted by molar-refractivity contribution is 8.13. The number of amidine groups is 1. The molecule has 0 amide bonds. The number of para-hydroxylation sites is 2. The summed E-state index contributed by atoms with van der Waals surface area (Å²) in [5.41, 5.74) is 8.85. The van der Waals surface area contributed by atoms with Gasteiger partial charge >= 0.3 is 0 Å². The molecule has 0 aliphatic heterocycles. The van der Waals surface area contributed by atoms with Gasteiger partial charge in [-0.1, -0.05) is 42.5 Å². The van der Waals surface area contributed by atoms with Crippen molar-refractivity contribution in [1.29, 1.82) is 5.41 Å². The average molecular weight is 280 g/mol. The summed E-state index contributed by atoms with van der Waals surface area (Å²) in [6.07, 6.45) is 0. The van der Waals surface area contributed by atoms with Gasteiger partial charge in [-0.2, -0.15) is 0 Å². The minimum atomic E-state index is 0.00626. The van der Waals surface area contributed by atoms with Gasteiger partial charge in [0.15, 0.2) is 5.17 Å². The Morgan fingerprint density at radius 1 is 0.900 bits per heavy atom. The van der Waals surface area contributed by atoms with Crippen LogP contribution in [0.25, 0.3) is 22.3 Å². The first-order chi connectivity index (χ1) is 9.74. The first-order valence-electron chi connectivity index (χ1n) is 6.08. The number of aromatic nitrogens is 2. The van der Waals surface area contributed by atoms with Crippen LogP contribution in [0.3, 0.4) is 0 Å². The van der Waals surface area contributed by atoms with E-state index in [1.807, 2.05) is 54.6 Å². The summed E-state index contributed by atoms with van der Waals surface area (Å²) in [6, 6.07) is 17.5. The van der Waals surface area contributed by atoms with Crippen LogP contribution < -0.4 is 5.73 Å².